The molecule has 0 aromatic heterocycles. The highest BCUT2D eigenvalue weighted by atomic mass is 19.4. The molecule has 1 aromatic carbocycles. The van der Waals surface area contributed by atoms with Crippen LogP contribution < -0.4 is 10.6 Å². The molecule has 0 radical (unpaired) electrons. The van der Waals surface area contributed by atoms with Crippen molar-refractivity contribution in [3.05, 3.63) is 29.8 Å². The predicted molar refractivity (Wildman–Crippen MR) is 80.0 cm³/mol. The van der Waals surface area contributed by atoms with Crippen LogP contribution in [0.2, 0.25) is 0 Å². The zero-order valence-electron chi connectivity index (χ0n) is 12.7. The molecule has 1 aromatic rings. The zero-order chi connectivity index (χ0) is 17.0. The molecule has 23 heavy (non-hydrogen) atoms. The van der Waals surface area contributed by atoms with Crippen molar-refractivity contribution in [2.75, 3.05) is 5.32 Å². The third-order valence-electron chi connectivity index (χ3n) is 3.92. The molecule has 4 nitrogen and oxygen atoms in total. The van der Waals surface area contributed by atoms with Gasteiger partial charge in [0.2, 0.25) is 5.91 Å². The Morgan fingerprint density at radius 2 is 1.96 bits per heavy atom. The van der Waals surface area contributed by atoms with Gasteiger partial charge in [0.25, 0.3) is 5.91 Å². The molecule has 1 saturated carbocycles. The first-order chi connectivity index (χ1) is 10.8. The monoisotopic (exact) mass is 328 g/mol. The highest BCUT2D eigenvalue weighted by molar-refractivity contribution is 5.96. The van der Waals surface area contributed by atoms with E-state index in [9.17, 15) is 22.8 Å². The van der Waals surface area contributed by atoms with Gasteiger partial charge in [-0.1, -0.05) is 12.5 Å². The van der Waals surface area contributed by atoms with E-state index in [1.165, 1.54) is 13.0 Å². The number of amides is 2. The summed E-state index contributed by atoms with van der Waals surface area (Å²) in [6.07, 6.45) is -3.19. The molecule has 2 rings (SSSR count). The van der Waals surface area contributed by atoms with Crippen LogP contribution in [0.15, 0.2) is 24.3 Å². The van der Waals surface area contributed by atoms with Crippen molar-refractivity contribution in [2.24, 2.45) is 5.92 Å². The lowest BCUT2D eigenvalue weighted by molar-refractivity contribution is -0.183. The van der Waals surface area contributed by atoms with Crippen molar-refractivity contribution in [3.8, 4) is 0 Å². The van der Waals surface area contributed by atoms with Gasteiger partial charge in [0.1, 0.15) is 0 Å². The number of carbonyl (C=O) groups excluding carboxylic acids is 2. The van der Waals surface area contributed by atoms with Crippen LogP contribution in [0.3, 0.4) is 0 Å². The van der Waals surface area contributed by atoms with Crippen LogP contribution in [0.5, 0.6) is 0 Å². The molecule has 0 heterocycles. The van der Waals surface area contributed by atoms with Gasteiger partial charge >= 0.3 is 6.18 Å². The molecule has 7 heteroatoms. The standard InChI is InChI=1S/C16H19F3N2O2/c1-10(22)20-13-6-2-4-11(8-13)15(23)21-14-7-3-5-12(9-14)16(17,18)19/h2,4,6,8,12,14H,3,5,7,9H2,1H3,(H,20,22)(H,21,23)/t12-,14-/m0/s1. The van der Waals surface area contributed by atoms with E-state index in [0.29, 0.717) is 24.1 Å². The lowest BCUT2D eigenvalue weighted by atomic mass is 9.85. The Kier molecular flexibility index (Phi) is 5.28. The summed E-state index contributed by atoms with van der Waals surface area (Å²) in [5.74, 6) is -2.04. The van der Waals surface area contributed by atoms with Gasteiger partial charge in [-0.15, -0.1) is 0 Å². The number of benzene rings is 1. The molecule has 2 amide bonds. The van der Waals surface area contributed by atoms with Crippen molar-refractivity contribution in [3.63, 3.8) is 0 Å². The molecule has 126 valence electrons. The third-order valence-corrected chi connectivity index (χ3v) is 3.92. The van der Waals surface area contributed by atoms with Crippen LogP contribution in [0.1, 0.15) is 43.0 Å². The Hall–Kier alpha value is -2.05. The smallest absolute Gasteiger partial charge is 0.349 e. The number of rotatable bonds is 3. The molecular formula is C16H19F3N2O2. The van der Waals surface area contributed by atoms with Crippen molar-refractivity contribution >= 4 is 17.5 Å². The van der Waals surface area contributed by atoms with E-state index in [0.717, 1.165) is 0 Å². The molecule has 1 aliphatic rings. The number of hydrogen-bond donors (Lipinski definition) is 2. The van der Waals surface area contributed by atoms with Crippen molar-refractivity contribution in [2.45, 2.75) is 44.8 Å². The first-order valence-electron chi connectivity index (χ1n) is 7.51. The van der Waals surface area contributed by atoms with Gasteiger partial charge in [-0.25, -0.2) is 0 Å². The number of hydrogen-bond acceptors (Lipinski definition) is 2. The van der Waals surface area contributed by atoms with Crippen LogP contribution in [-0.4, -0.2) is 24.0 Å². The number of carbonyl (C=O) groups is 2. The van der Waals surface area contributed by atoms with E-state index in [1.54, 1.807) is 18.2 Å². The van der Waals surface area contributed by atoms with E-state index in [-0.39, 0.29) is 18.7 Å². The Morgan fingerprint density at radius 1 is 1.22 bits per heavy atom. The van der Waals surface area contributed by atoms with E-state index < -0.39 is 24.0 Å². The van der Waals surface area contributed by atoms with E-state index in [2.05, 4.69) is 10.6 Å². The lowest BCUT2D eigenvalue weighted by Gasteiger charge is -2.31. The second-order valence-electron chi connectivity index (χ2n) is 5.84. The highest BCUT2D eigenvalue weighted by Crippen LogP contribution is 2.37. The SMILES string of the molecule is CC(=O)Nc1cccc(C(=O)N[C@H]2CCC[C@H](C(F)(F)F)C2)c1. The molecule has 1 fully saturated rings. The molecule has 0 aliphatic heterocycles. The largest absolute Gasteiger partial charge is 0.391 e. The van der Waals surface area contributed by atoms with E-state index in [1.807, 2.05) is 0 Å². The summed E-state index contributed by atoms with van der Waals surface area (Å²) in [4.78, 5) is 23.2. The first kappa shape index (κ1) is 17.3. The number of alkyl halides is 3. The molecule has 2 atom stereocenters. The van der Waals surface area contributed by atoms with Gasteiger partial charge in [-0.05, 0) is 37.5 Å². The van der Waals surface area contributed by atoms with Crippen LogP contribution in [0.4, 0.5) is 18.9 Å². The number of anilines is 1. The van der Waals surface area contributed by atoms with Crippen LogP contribution in [-0.2, 0) is 4.79 Å². The quantitative estimate of drug-likeness (QED) is 0.892. The normalized spacial score (nSPS) is 21.6. The Labute approximate surface area is 132 Å². The number of halogens is 3. The summed E-state index contributed by atoms with van der Waals surface area (Å²) in [5.41, 5.74) is 0.785. The zero-order valence-corrected chi connectivity index (χ0v) is 12.7. The number of nitrogens with one attached hydrogen (secondary N) is 2. The minimum absolute atomic E-state index is 0.0827. The summed E-state index contributed by atoms with van der Waals surface area (Å²) < 4.78 is 38.4. The summed E-state index contributed by atoms with van der Waals surface area (Å²) >= 11 is 0. The molecular weight excluding hydrogens is 309 g/mol. The Bertz CT molecular complexity index is 587. The lowest BCUT2D eigenvalue weighted by Crippen LogP contribution is -2.41. The first-order valence-corrected chi connectivity index (χ1v) is 7.51. The molecule has 2 N–H and O–H groups in total. The fourth-order valence-electron chi connectivity index (χ4n) is 2.83. The van der Waals surface area contributed by atoms with Gasteiger partial charge < -0.3 is 10.6 Å². The third kappa shape index (κ3) is 4.97. The summed E-state index contributed by atoms with van der Waals surface area (Å²) in [5, 5.41) is 5.23. The fourth-order valence-corrected chi connectivity index (χ4v) is 2.83. The van der Waals surface area contributed by atoms with Crippen LogP contribution >= 0.6 is 0 Å². The van der Waals surface area contributed by atoms with E-state index in [4.69, 9.17) is 0 Å². The average Bonchev–Trinajstić information content (AvgIpc) is 2.46. The van der Waals surface area contributed by atoms with Gasteiger partial charge in [0, 0.05) is 24.2 Å². The minimum atomic E-state index is -4.21. The maximum atomic E-state index is 12.8. The Balaban J connectivity index is 2.00. The molecule has 0 bridgehead atoms. The van der Waals surface area contributed by atoms with Crippen molar-refractivity contribution < 1.29 is 22.8 Å². The maximum absolute atomic E-state index is 12.8. The Morgan fingerprint density at radius 3 is 2.61 bits per heavy atom. The summed E-state index contributed by atoms with van der Waals surface area (Å²) in [7, 11) is 0. The average molecular weight is 328 g/mol. The van der Waals surface area contributed by atoms with Crippen molar-refractivity contribution in [1.82, 2.24) is 5.32 Å². The predicted octanol–water partition coefficient (Wildman–Crippen LogP) is 3.50. The van der Waals surface area contributed by atoms with Crippen LogP contribution in [0.25, 0.3) is 0 Å². The summed E-state index contributed by atoms with van der Waals surface area (Å²) in [6.45, 7) is 1.35. The van der Waals surface area contributed by atoms with Gasteiger partial charge in [-0.3, -0.25) is 9.59 Å². The van der Waals surface area contributed by atoms with Crippen LogP contribution in [0, 0.1) is 5.92 Å². The minimum Gasteiger partial charge on any atom is -0.349 e. The topological polar surface area (TPSA) is 58.2 Å². The second-order valence-corrected chi connectivity index (χ2v) is 5.84. The molecule has 0 spiro atoms. The summed E-state index contributed by atoms with van der Waals surface area (Å²) in [6, 6.07) is 5.83. The molecule has 0 saturated heterocycles. The molecule has 0 unspecified atom stereocenters. The van der Waals surface area contributed by atoms with Gasteiger partial charge in [-0.2, -0.15) is 13.2 Å². The maximum Gasteiger partial charge on any atom is 0.391 e. The van der Waals surface area contributed by atoms with Crippen molar-refractivity contribution in [1.29, 1.82) is 0 Å². The van der Waals surface area contributed by atoms with Gasteiger partial charge in [0.15, 0.2) is 0 Å². The molecule has 1 aliphatic carbocycles. The fraction of sp³-hybridized carbons (Fsp3) is 0.500. The highest BCUT2D eigenvalue weighted by Gasteiger charge is 2.42. The van der Waals surface area contributed by atoms with E-state index >= 15 is 0 Å². The van der Waals surface area contributed by atoms with Gasteiger partial charge in [0.05, 0.1) is 5.92 Å². The second kappa shape index (κ2) is 7.02.